The third-order valence-corrected chi connectivity index (χ3v) is 2.16. The van der Waals surface area contributed by atoms with Crippen LogP contribution in [0.3, 0.4) is 0 Å². The Balaban J connectivity index is -0.0000000384. The number of rotatable bonds is 8. The van der Waals surface area contributed by atoms with E-state index in [0.29, 0.717) is 52.4 Å². The number of hydrogen-bond acceptors (Lipinski definition) is 0. The maximum Gasteiger partial charge on any atom is 0.221 e. The Morgan fingerprint density at radius 2 is 0.375 bits per heavy atom. The molecule has 0 amide bonds. The monoisotopic (exact) mass is 612 g/mol. The van der Waals surface area contributed by atoms with E-state index < -0.39 is 0 Å². The van der Waals surface area contributed by atoms with Gasteiger partial charge in [-0.2, -0.15) is 0 Å². The Labute approximate surface area is 222 Å². The molecule has 32 heavy (non-hydrogen) atoms. The van der Waals surface area contributed by atoms with Gasteiger partial charge in [0.25, 0.3) is 0 Å². The van der Waals surface area contributed by atoms with E-state index in [4.69, 9.17) is 52.6 Å². The summed E-state index contributed by atoms with van der Waals surface area (Å²) in [5.41, 5.74) is 0. The zero-order chi connectivity index (χ0) is 22.1. The van der Waals surface area contributed by atoms with Crippen LogP contribution in [0.1, 0.15) is 25.7 Å². The molecule has 0 aromatic rings. The van der Waals surface area contributed by atoms with Gasteiger partial charge < -0.3 is 53.6 Å². The average Bonchev–Trinajstić information content (AvgIpc) is 2.71. The summed E-state index contributed by atoms with van der Waals surface area (Å²) < 4.78 is 0. The summed E-state index contributed by atoms with van der Waals surface area (Å²) in [5, 5.41) is 0. The van der Waals surface area contributed by atoms with Gasteiger partial charge >= 0.3 is 0 Å². The van der Waals surface area contributed by atoms with Crippen LogP contribution in [0.2, 0.25) is 0 Å². The van der Waals surface area contributed by atoms with Gasteiger partial charge in [0.2, 0.25) is 52.4 Å². The minimum Gasteiger partial charge on any atom is -0.358 e. The van der Waals surface area contributed by atoms with Crippen molar-refractivity contribution in [2.75, 3.05) is 52.4 Å². The molecular formula is C22H30N8Rh2-2. The van der Waals surface area contributed by atoms with E-state index in [0.717, 1.165) is 25.7 Å². The average molecular weight is 612 g/mol. The fraction of sp³-hybridized carbons (Fsp3) is 0.545. The van der Waals surface area contributed by atoms with Crippen LogP contribution < -0.4 is 0 Å². The molecule has 178 valence electrons. The first-order valence-electron chi connectivity index (χ1n) is 8.32. The molecule has 0 rings (SSSR count). The van der Waals surface area contributed by atoms with Gasteiger partial charge in [-0.15, -0.1) is 0 Å². The van der Waals surface area contributed by atoms with Gasteiger partial charge in [-0.1, -0.05) is 0 Å². The summed E-state index contributed by atoms with van der Waals surface area (Å²) in [7, 11) is 0. The van der Waals surface area contributed by atoms with Crippen LogP contribution in [0.5, 0.6) is 0 Å². The standard InChI is InChI=1S/4C5H6N2.2CH3.2Rh/c4*1-6-4-3-5-7-2;;;;/h4*3-5H2;2*1H3;;/q;;;;2*-1;;. The Hall–Kier alpha value is -2.83. The summed E-state index contributed by atoms with van der Waals surface area (Å²) >= 11 is 0. The van der Waals surface area contributed by atoms with E-state index in [9.17, 15) is 0 Å². The fourth-order valence-corrected chi connectivity index (χ4v) is 0.915. The molecule has 0 saturated carbocycles. The van der Waals surface area contributed by atoms with Crippen molar-refractivity contribution in [1.82, 2.24) is 0 Å². The summed E-state index contributed by atoms with van der Waals surface area (Å²) in [4.78, 5) is 24.6. The molecule has 10 heteroatoms. The van der Waals surface area contributed by atoms with Gasteiger partial charge in [0.15, 0.2) is 0 Å². The van der Waals surface area contributed by atoms with Crippen molar-refractivity contribution in [3.63, 3.8) is 0 Å². The van der Waals surface area contributed by atoms with E-state index in [1.54, 1.807) is 0 Å². The van der Waals surface area contributed by atoms with Crippen LogP contribution in [0.4, 0.5) is 0 Å². The van der Waals surface area contributed by atoms with Crippen LogP contribution >= 0.6 is 0 Å². The van der Waals surface area contributed by atoms with Crippen molar-refractivity contribution < 1.29 is 39.0 Å². The quantitative estimate of drug-likeness (QED) is 0.190. The SMILES string of the molecule is [C-]#[N+]CCC[N+]#[C-].[C-]#[N+]CCC[N+]#[C-].[C-]#[N+]CCC[N+]#[C-].[C-]#[N+]CCC[N+]#[C-].[CH3-].[CH3-].[Rh].[Rh]. The molecular weight excluding hydrogens is 582 g/mol. The number of nitrogens with zero attached hydrogens (tertiary/aromatic N) is 8. The van der Waals surface area contributed by atoms with Crippen molar-refractivity contribution in [1.29, 1.82) is 0 Å². The Kier molecular flexibility index (Phi) is 114. The molecule has 0 saturated heterocycles. The zero-order valence-corrected chi connectivity index (χ0v) is 22.0. The second-order valence-electron chi connectivity index (χ2n) is 4.47. The molecule has 0 N–H and O–H groups in total. The third-order valence-electron chi connectivity index (χ3n) is 2.16. The van der Waals surface area contributed by atoms with Gasteiger partial charge in [0.05, 0.1) is 25.7 Å². The van der Waals surface area contributed by atoms with Crippen LogP contribution in [0, 0.1) is 67.4 Å². The van der Waals surface area contributed by atoms with E-state index in [1.807, 2.05) is 0 Å². The second kappa shape index (κ2) is 70.5. The summed E-state index contributed by atoms with van der Waals surface area (Å²) in [5.74, 6) is 0. The van der Waals surface area contributed by atoms with Crippen LogP contribution in [0.15, 0.2) is 0 Å². The molecule has 0 heterocycles. The Bertz CT molecular complexity index is 493. The smallest absolute Gasteiger partial charge is 0.221 e. The van der Waals surface area contributed by atoms with Gasteiger partial charge in [-0.05, 0) is 0 Å². The van der Waals surface area contributed by atoms with Crippen LogP contribution in [-0.2, 0) is 39.0 Å². The van der Waals surface area contributed by atoms with Gasteiger partial charge in [0, 0.05) is 39.0 Å². The first kappa shape index (κ1) is 51.6. The maximum absolute atomic E-state index is 6.30. The van der Waals surface area contributed by atoms with Crippen molar-refractivity contribution in [3.8, 4) is 0 Å². The van der Waals surface area contributed by atoms with Crippen molar-refractivity contribution in [2.45, 2.75) is 25.7 Å². The Morgan fingerprint density at radius 3 is 0.438 bits per heavy atom. The van der Waals surface area contributed by atoms with Crippen molar-refractivity contribution >= 4 is 0 Å². The predicted molar refractivity (Wildman–Crippen MR) is 123 cm³/mol. The zero-order valence-electron chi connectivity index (χ0n) is 18.7. The molecule has 0 aliphatic heterocycles. The van der Waals surface area contributed by atoms with Gasteiger partial charge in [-0.25, -0.2) is 52.6 Å². The first-order chi connectivity index (χ1) is 13.7. The molecule has 0 atom stereocenters. The summed E-state index contributed by atoms with van der Waals surface area (Å²) in [6.45, 7) is 54.4. The fourth-order valence-electron chi connectivity index (χ4n) is 0.915. The topological polar surface area (TPSA) is 34.9 Å². The predicted octanol–water partition coefficient (Wildman–Crippen LogP) is 5.76. The third kappa shape index (κ3) is 107. The molecule has 0 aliphatic carbocycles. The molecule has 0 unspecified atom stereocenters. The van der Waals surface area contributed by atoms with Crippen LogP contribution in [-0.4, -0.2) is 52.4 Å². The summed E-state index contributed by atoms with van der Waals surface area (Å²) in [6.07, 6.45) is 2.92. The first-order valence-corrected chi connectivity index (χ1v) is 8.32. The van der Waals surface area contributed by atoms with Crippen molar-refractivity contribution in [2.24, 2.45) is 0 Å². The molecule has 0 spiro atoms. The summed E-state index contributed by atoms with van der Waals surface area (Å²) in [6, 6.07) is 0. The minimum absolute atomic E-state index is 0. The largest absolute Gasteiger partial charge is 0.358 e. The van der Waals surface area contributed by atoms with Crippen molar-refractivity contribution in [3.05, 3.63) is 106 Å². The maximum atomic E-state index is 6.30. The molecule has 0 aliphatic rings. The van der Waals surface area contributed by atoms with Crippen LogP contribution in [0.25, 0.3) is 38.8 Å². The Morgan fingerprint density at radius 1 is 0.281 bits per heavy atom. The number of hydrogen-bond donors (Lipinski definition) is 0. The molecule has 0 aromatic carbocycles. The second-order valence-corrected chi connectivity index (χ2v) is 4.47. The van der Waals surface area contributed by atoms with E-state index in [2.05, 4.69) is 38.8 Å². The molecule has 0 aromatic heterocycles. The van der Waals surface area contributed by atoms with E-state index >= 15 is 0 Å². The van der Waals surface area contributed by atoms with E-state index in [-0.39, 0.29) is 53.8 Å². The molecule has 2 radical (unpaired) electrons. The molecule has 0 bridgehead atoms. The molecule has 8 nitrogen and oxygen atoms in total. The normalized spacial score (nSPS) is 5.75. The minimum atomic E-state index is 0. The van der Waals surface area contributed by atoms with E-state index in [1.165, 1.54) is 0 Å². The molecule has 0 fully saturated rings. The van der Waals surface area contributed by atoms with Gasteiger partial charge in [0.1, 0.15) is 0 Å². The van der Waals surface area contributed by atoms with Gasteiger partial charge in [-0.3, -0.25) is 0 Å².